The van der Waals surface area contributed by atoms with E-state index in [4.69, 9.17) is 0 Å². The van der Waals surface area contributed by atoms with Crippen LogP contribution in [0.5, 0.6) is 0 Å². The SMILES string of the molecule is CC(C)(C)c1cc2c3c(c1)N(c1ccc(-c4ccccc4)cc1)c1ccc(-c4ccccc4)cc1B3c1ccccc1N2c1ccc2c(c1)-c1ccccc1C21c2ccccc2-c2ccccc21. The molecule has 0 radical (unpaired) electrons. The number of para-hydroxylation sites is 1. The van der Waals surface area contributed by atoms with E-state index in [1.54, 1.807) is 0 Å². The molecule has 0 atom stereocenters. The number of anilines is 6. The summed E-state index contributed by atoms with van der Waals surface area (Å²) in [6.45, 7) is 7.06. The summed E-state index contributed by atoms with van der Waals surface area (Å²) >= 11 is 0. The zero-order valence-electron chi connectivity index (χ0n) is 38.4. The average molecular weight is 867 g/mol. The Balaban J connectivity index is 1.03. The number of fused-ring (bicyclic) bond motifs is 14. The van der Waals surface area contributed by atoms with E-state index in [1.807, 2.05) is 0 Å². The van der Waals surface area contributed by atoms with Crippen LogP contribution in [0.2, 0.25) is 0 Å². The zero-order chi connectivity index (χ0) is 45.3. The fraction of sp³-hybridized carbons (Fsp3) is 0.0769. The minimum absolute atomic E-state index is 0.00453. The molecule has 1 spiro atoms. The Hall–Kier alpha value is -8.14. The van der Waals surface area contributed by atoms with Crippen molar-refractivity contribution in [3.63, 3.8) is 0 Å². The number of rotatable bonds is 4. The summed E-state index contributed by atoms with van der Waals surface area (Å²) in [5.41, 5.74) is 27.5. The minimum atomic E-state index is -0.398. The highest BCUT2D eigenvalue weighted by Crippen LogP contribution is 2.63. The molecule has 2 aliphatic carbocycles. The Labute approximate surface area is 399 Å². The smallest absolute Gasteiger partial charge is 0.252 e. The van der Waals surface area contributed by atoms with Gasteiger partial charge in [0.25, 0.3) is 6.71 Å². The minimum Gasteiger partial charge on any atom is -0.311 e. The summed E-state index contributed by atoms with van der Waals surface area (Å²) in [5.74, 6) is 0. The summed E-state index contributed by atoms with van der Waals surface area (Å²) in [7, 11) is 0. The molecule has 10 aromatic carbocycles. The standard InChI is InChI=1S/C65H47BN2/c1-64(2,3)46-39-61-63-62(40-46)68(48-35-36-56-52(41-48)51-24-12-15-27-55(51)65(56)53-25-13-10-22-49(53)50-23-11-14-26-54(50)65)59-29-17-16-28-57(59)66(63)58-38-45(43-20-8-5-9-21-43)32-37-60(58)67(61)47-33-30-44(31-34-47)42-18-6-4-7-19-42/h4-41H,1-3H3. The molecule has 320 valence electrons. The second kappa shape index (κ2) is 14.4. The molecule has 68 heavy (non-hydrogen) atoms. The van der Waals surface area contributed by atoms with Crippen LogP contribution in [0, 0.1) is 0 Å². The fourth-order valence-electron chi connectivity index (χ4n) is 12.4. The van der Waals surface area contributed by atoms with E-state index in [-0.39, 0.29) is 12.1 Å². The van der Waals surface area contributed by atoms with Gasteiger partial charge in [0.15, 0.2) is 0 Å². The molecule has 2 aliphatic heterocycles. The van der Waals surface area contributed by atoms with E-state index < -0.39 is 5.41 Å². The van der Waals surface area contributed by atoms with Gasteiger partial charge in [-0.1, -0.05) is 203 Å². The van der Waals surface area contributed by atoms with E-state index in [0.29, 0.717) is 0 Å². The van der Waals surface area contributed by atoms with Gasteiger partial charge in [0, 0.05) is 34.1 Å². The zero-order valence-corrected chi connectivity index (χ0v) is 38.4. The molecule has 0 saturated heterocycles. The van der Waals surface area contributed by atoms with E-state index in [0.717, 1.165) is 11.4 Å². The van der Waals surface area contributed by atoms with Crippen molar-refractivity contribution < 1.29 is 0 Å². The molecule has 0 amide bonds. The molecule has 4 aliphatic rings. The molecule has 0 N–H and O–H groups in total. The van der Waals surface area contributed by atoms with Crippen LogP contribution in [0.4, 0.5) is 34.1 Å². The van der Waals surface area contributed by atoms with Gasteiger partial charge in [-0.3, -0.25) is 0 Å². The highest BCUT2D eigenvalue weighted by atomic mass is 15.2. The molecular weight excluding hydrogens is 820 g/mol. The second-order valence-electron chi connectivity index (χ2n) is 20.0. The van der Waals surface area contributed by atoms with E-state index in [9.17, 15) is 0 Å². The van der Waals surface area contributed by atoms with Crippen molar-refractivity contribution in [2.45, 2.75) is 31.6 Å². The Morgan fingerprint density at radius 1 is 0.338 bits per heavy atom. The third-order valence-corrected chi connectivity index (χ3v) is 15.4. The molecular formula is C65H47BN2. The van der Waals surface area contributed by atoms with Crippen LogP contribution < -0.4 is 26.2 Å². The second-order valence-corrected chi connectivity index (χ2v) is 20.0. The number of nitrogens with zero attached hydrogens (tertiary/aromatic N) is 2. The molecule has 0 fully saturated rings. The first-order chi connectivity index (χ1) is 33.4. The lowest BCUT2D eigenvalue weighted by molar-refractivity contribution is 0.590. The van der Waals surface area contributed by atoms with Gasteiger partial charge in [-0.25, -0.2) is 0 Å². The van der Waals surface area contributed by atoms with Gasteiger partial charge in [0.2, 0.25) is 0 Å². The average Bonchev–Trinajstić information content (AvgIpc) is 3.85. The summed E-state index contributed by atoms with van der Waals surface area (Å²) in [4.78, 5) is 5.14. The fourth-order valence-corrected chi connectivity index (χ4v) is 12.4. The first-order valence-electron chi connectivity index (χ1n) is 24.0. The Kier molecular flexibility index (Phi) is 8.29. The van der Waals surface area contributed by atoms with E-state index in [2.05, 4.69) is 261 Å². The third-order valence-electron chi connectivity index (χ3n) is 15.4. The molecule has 2 nitrogen and oxygen atoms in total. The van der Waals surface area contributed by atoms with Gasteiger partial charge in [0.05, 0.1) is 5.41 Å². The third kappa shape index (κ3) is 5.42. The highest BCUT2D eigenvalue weighted by Gasteiger charge is 2.52. The van der Waals surface area contributed by atoms with Crippen molar-refractivity contribution in [3.05, 3.63) is 258 Å². The van der Waals surface area contributed by atoms with Crippen molar-refractivity contribution in [1.82, 2.24) is 0 Å². The summed E-state index contributed by atoms with van der Waals surface area (Å²) < 4.78 is 0. The van der Waals surface area contributed by atoms with Gasteiger partial charge >= 0.3 is 0 Å². The number of hydrogen-bond donors (Lipinski definition) is 0. The van der Waals surface area contributed by atoms with Gasteiger partial charge in [-0.05, 0) is 143 Å². The molecule has 10 aromatic rings. The highest BCUT2D eigenvalue weighted by molar-refractivity contribution is 7.00. The number of benzene rings is 10. The van der Waals surface area contributed by atoms with Crippen LogP contribution in [-0.2, 0) is 10.8 Å². The Bertz CT molecular complexity index is 3630. The predicted molar refractivity (Wildman–Crippen MR) is 286 cm³/mol. The summed E-state index contributed by atoms with van der Waals surface area (Å²) in [6.07, 6.45) is 0. The molecule has 0 unspecified atom stereocenters. The van der Waals surface area contributed by atoms with Gasteiger partial charge in [-0.2, -0.15) is 0 Å². The lowest BCUT2D eigenvalue weighted by Crippen LogP contribution is -2.61. The largest absolute Gasteiger partial charge is 0.311 e. The topological polar surface area (TPSA) is 6.48 Å². The lowest BCUT2D eigenvalue weighted by atomic mass is 9.33. The van der Waals surface area contributed by atoms with Crippen LogP contribution in [0.25, 0.3) is 44.5 Å². The van der Waals surface area contributed by atoms with Gasteiger partial charge in [-0.15, -0.1) is 0 Å². The Morgan fingerprint density at radius 2 is 0.794 bits per heavy atom. The van der Waals surface area contributed by atoms with Crippen LogP contribution >= 0.6 is 0 Å². The summed E-state index contributed by atoms with van der Waals surface area (Å²) in [5, 5.41) is 0. The molecule has 14 rings (SSSR count). The van der Waals surface area contributed by atoms with Gasteiger partial charge in [0.1, 0.15) is 0 Å². The Morgan fingerprint density at radius 3 is 1.41 bits per heavy atom. The van der Waals surface area contributed by atoms with Crippen LogP contribution in [-0.4, -0.2) is 6.71 Å². The van der Waals surface area contributed by atoms with E-state index >= 15 is 0 Å². The monoisotopic (exact) mass is 866 g/mol. The first-order valence-corrected chi connectivity index (χ1v) is 24.0. The quantitative estimate of drug-likeness (QED) is 0.163. The van der Waals surface area contributed by atoms with Crippen LogP contribution in [0.15, 0.2) is 231 Å². The molecule has 0 saturated carbocycles. The lowest BCUT2D eigenvalue weighted by Gasteiger charge is -2.45. The molecule has 3 heteroatoms. The predicted octanol–water partition coefficient (Wildman–Crippen LogP) is 14.7. The van der Waals surface area contributed by atoms with Crippen molar-refractivity contribution in [2.75, 3.05) is 9.80 Å². The van der Waals surface area contributed by atoms with E-state index in [1.165, 1.54) is 111 Å². The summed E-state index contributed by atoms with van der Waals surface area (Å²) in [6, 6.07) is 86.8. The maximum Gasteiger partial charge on any atom is 0.252 e. The molecule has 0 aromatic heterocycles. The van der Waals surface area contributed by atoms with Crippen molar-refractivity contribution in [2.24, 2.45) is 0 Å². The van der Waals surface area contributed by atoms with Crippen molar-refractivity contribution >= 4 is 57.2 Å². The maximum atomic E-state index is 2.59. The van der Waals surface area contributed by atoms with Crippen LogP contribution in [0.1, 0.15) is 48.6 Å². The van der Waals surface area contributed by atoms with Gasteiger partial charge < -0.3 is 9.80 Å². The first kappa shape index (κ1) is 39.1. The molecule has 0 bridgehead atoms. The van der Waals surface area contributed by atoms with Crippen LogP contribution in [0.3, 0.4) is 0 Å². The van der Waals surface area contributed by atoms with Crippen molar-refractivity contribution in [1.29, 1.82) is 0 Å². The number of hydrogen-bond acceptors (Lipinski definition) is 2. The van der Waals surface area contributed by atoms with Crippen molar-refractivity contribution in [3.8, 4) is 44.5 Å². The molecule has 2 heterocycles. The maximum absolute atomic E-state index is 2.59. The normalized spacial score (nSPS) is 14.1.